The van der Waals surface area contributed by atoms with Crippen LogP contribution in [0, 0.1) is 11.8 Å². The van der Waals surface area contributed by atoms with E-state index in [2.05, 4.69) is 29.6 Å². The van der Waals surface area contributed by atoms with Crippen LogP contribution in [-0.4, -0.2) is 54.2 Å². The highest BCUT2D eigenvalue weighted by atomic mass is 16.5. The number of hydrogen-bond acceptors (Lipinski definition) is 4. The van der Waals surface area contributed by atoms with Crippen LogP contribution in [0.2, 0.25) is 0 Å². The number of likely N-dealkylation sites (tertiary alicyclic amines) is 1. The summed E-state index contributed by atoms with van der Waals surface area (Å²) in [6.07, 6.45) is 0.836. The summed E-state index contributed by atoms with van der Waals surface area (Å²) in [5.41, 5.74) is 4.65. The number of alkyl carbamates (subject to hydrolysis) is 1. The summed E-state index contributed by atoms with van der Waals surface area (Å²) < 4.78 is 5.56. The molecule has 2 unspecified atom stereocenters. The summed E-state index contributed by atoms with van der Waals surface area (Å²) in [5, 5.41) is 11.7. The normalized spacial score (nSPS) is 17.8. The van der Waals surface area contributed by atoms with Crippen LogP contribution in [0.15, 0.2) is 48.5 Å². The fourth-order valence-corrected chi connectivity index (χ4v) is 4.97. The fraction of sp³-hybridized carbons (Fsp3) is 0.423. The summed E-state index contributed by atoms with van der Waals surface area (Å²) in [6, 6.07) is 16.3. The van der Waals surface area contributed by atoms with Crippen molar-refractivity contribution in [3.8, 4) is 11.1 Å². The molecule has 0 bridgehead atoms. The molecule has 1 heterocycles. The second kappa shape index (κ2) is 10.1. The molecule has 4 rings (SSSR count). The summed E-state index contributed by atoms with van der Waals surface area (Å²) >= 11 is 0. The zero-order valence-electron chi connectivity index (χ0n) is 18.8. The predicted octanol–water partition coefficient (Wildman–Crippen LogP) is 3.87. The molecule has 2 atom stereocenters. The van der Waals surface area contributed by atoms with Crippen LogP contribution < -0.4 is 5.32 Å². The smallest absolute Gasteiger partial charge is 0.407 e. The van der Waals surface area contributed by atoms with Gasteiger partial charge in [0.15, 0.2) is 0 Å². The van der Waals surface area contributed by atoms with Crippen LogP contribution in [0.5, 0.6) is 0 Å². The van der Waals surface area contributed by atoms with Gasteiger partial charge in [-0.15, -0.1) is 0 Å². The highest BCUT2D eigenvalue weighted by Gasteiger charge is 2.32. The average Bonchev–Trinajstić information content (AvgIpc) is 3.40. The molecule has 0 spiro atoms. The number of aliphatic carboxylic acids is 1. The first-order chi connectivity index (χ1) is 16.0. The zero-order valence-corrected chi connectivity index (χ0v) is 18.8. The van der Waals surface area contributed by atoms with Gasteiger partial charge >= 0.3 is 12.1 Å². The standard InChI is InChI=1S/C26H30N2O5/c1-2-18(25(31)28-12-11-17(15-28)13-24(29)30)14-27-26(32)33-16-23-21-9-5-3-7-19(21)20-8-4-6-10-22(20)23/h3-10,17-18,23H,2,11-16H2,1H3,(H,27,32)(H,29,30). The Bertz CT molecular complexity index is 991. The Morgan fingerprint density at radius 1 is 1.09 bits per heavy atom. The Labute approximate surface area is 193 Å². The van der Waals surface area contributed by atoms with E-state index in [9.17, 15) is 14.4 Å². The first-order valence-corrected chi connectivity index (χ1v) is 11.6. The molecular weight excluding hydrogens is 420 g/mol. The van der Waals surface area contributed by atoms with Crippen molar-refractivity contribution in [2.24, 2.45) is 11.8 Å². The minimum atomic E-state index is -0.835. The van der Waals surface area contributed by atoms with Crippen molar-refractivity contribution in [2.75, 3.05) is 26.2 Å². The molecule has 1 aliphatic carbocycles. The second-order valence-corrected chi connectivity index (χ2v) is 8.85. The lowest BCUT2D eigenvalue weighted by molar-refractivity contribution is -0.139. The van der Waals surface area contributed by atoms with Crippen LogP contribution in [0.4, 0.5) is 4.79 Å². The Morgan fingerprint density at radius 2 is 1.73 bits per heavy atom. The minimum absolute atomic E-state index is 0.000882. The third-order valence-corrected chi connectivity index (χ3v) is 6.74. The molecule has 2 amide bonds. The number of fused-ring (bicyclic) bond motifs is 3. The van der Waals surface area contributed by atoms with Crippen molar-refractivity contribution >= 4 is 18.0 Å². The molecule has 2 N–H and O–H groups in total. The van der Waals surface area contributed by atoms with E-state index < -0.39 is 12.1 Å². The van der Waals surface area contributed by atoms with Crippen molar-refractivity contribution in [3.05, 3.63) is 59.7 Å². The first-order valence-electron chi connectivity index (χ1n) is 11.6. The van der Waals surface area contributed by atoms with Crippen LogP contribution in [0.25, 0.3) is 11.1 Å². The Hall–Kier alpha value is -3.35. The maximum absolute atomic E-state index is 12.8. The predicted molar refractivity (Wildman–Crippen MR) is 124 cm³/mol. The highest BCUT2D eigenvalue weighted by Crippen LogP contribution is 2.44. The van der Waals surface area contributed by atoms with Crippen molar-refractivity contribution in [3.63, 3.8) is 0 Å². The minimum Gasteiger partial charge on any atom is -0.481 e. The number of carbonyl (C=O) groups is 3. The van der Waals surface area contributed by atoms with Gasteiger partial charge in [-0.05, 0) is 41.0 Å². The number of nitrogens with zero attached hydrogens (tertiary/aromatic N) is 1. The van der Waals surface area contributed by atoms with E-state index in [1.807, 2.05) is 31.2 Å². The number of amides is 2. The SMILES string of the molecule is CCC(CNC(=O)OCC1c2ccccc2-c2ccccc21)C(=O)N1CCC(CC(=O)O)C1. The van der Waals surface area contributed by atoms with Crippen LogP contribution in [-0.2, 0) is 14.3 Å². The van der Waals surface area contributed by atoms with Gasteiger partial charge in [-0.1, -0.05) is 55.5 Å². The summed E-state index contributed by atoms with van der Waals surface area (Å²) in [7, 11) is 0. The number of ether oxygens (including phenoxy) is 1. The molecule has 1 saturated heterocycles. The van der Waals surface area contributed by atoms with Gasteiger partial charge in [-0.3, -0.25) is 9.59 Å². The molecule has 2 aromatic rings. The van der Waals surface area contributed by atoms with Crippen LogP contribution in [0.3, 0.4) is 0 Å². The zero-order chi connectivity index (χ0) is 23.4. The molecule has 0 saturated carbocycles. The quantitative estimate of drug-likeness (QED) is 0.636. The van der Waals surface area contributed by atoms with E-state index in [1.54, 1.807) is 4.90 Å². The van der Waals surface area contributed by atoms with E-state index in [0.29, 0.717) is 25.9 Å². The van der Waals surface area contributed by atoms with Gasteiger partial charge in [-0.25, -0.2) is 4.79 Å². The second-order valence-electron chi connectivity index (χ2n) is 8.85. The van der Waals surface area contributed by atoms with E-state index >= 15 is 0 Å². The van der Waals surface area contributed by atoms with E-state index in [1.165, 1.54) is 11.1 Å². The van der Waals surface area contributed by atoms with E-state index in [-0.39, 0.29) is 43.2 Å². The largest absolute Gasteiger partial charge is 0.481 e. The van der Waals surface area contributed by atoms with Gasteiger partial charge < -0.3 is 20.1 Å². The van der Waals surface area contributed by atoms with Gasteiger partial charge in [0, 0.05) is 32.0 Å². The molecule has 1 aliphatic heterocycles. The lowest BCUT2D eigenvalue weighted by atomic mass is 9.98. The number of hydrogen-bond donors (Lipinski definition) is 2. The molecule has 0 aromatic heterocycles. The maximum atomic E-state index is 12.8. The van der Waals surface area contributed by atoms with Crippen molar-refractivity contribution < 1.29 is 24.2 Å². The van der Waals surface area contributed by atoms with Crippen molar-refractivity contribution in [2.45, 2.75) is 32.1 Å². The number of carboxylic acids is 1. The Morgan fingerprint density at radius 3 is 2.33 bits per heavy atom. The van der Waals surface area contributed by atoms with Gasteiger partial charge in [0.1, 0.15) is 6.61 Å². The lowest BCUT2D eigenvalue weighted by Gasteiger charge is -2.23. The Balaban J connectivity index is 1.30. The molecular formula is C26H30N2O5. The number of carbonyl (C=O) groups excluding carboxylic acids is 2. The maximum Gasteiger partial charge on any atom is 0.407 e. The molecule has 174 valence electrons. The molecule has 7 nitrogen and oxygen atoms in total. The molecule has 2 aliphatic rings. The Kier molecular flexibility index (Phi) is 6.96. The highest BCUT2D eigenvalue weighted by molar-refractivity contribution is 5.81. The lowest BCUT2D eigenvalue weighted by Crippen LogP contribution is -2.40. The molecule has 0 radical (unpaired) electrons. The van der Waals surface area contributed by atoms with E-state index in [0.717, 1.165) is 11.1 Å². The average molecular weight is 451 g/mol. The number of carboxylic acid groups (broad SMARTS) is 1. The van der Waals surface area contributed by atoms with Crippen LogP contribution in [0.1, 0.15) is 43.2 Å². The third kappa shape index (κ3) is 5.02. The molecule has 1 fully saturated rings. The first kappa shape index (κ1) is 22.8. The fourth-order valence-electron chi connectivity index (χ4n) is 4.97. The monoisotopic (exact) mass is 450 g/mol. The van der Waals surface area contributed by atoms with Crippen molar-refractivity contribution in [1.29, 1.82) is 0 Å². The molecule has 33 heavy (non-hydrogen) atoms. The van der Waals surface area contributed by atoms with Crippen LogP contribution >= 0.6 is 0 Å². The van der Waals surface area contributed by atoms with Gasteiger partial charge in [0.05, 0.1) is 5.92 Å². The topological polar surface area (TPSA) is 95.9 Å². The van der Waals surface area contributed by atoms with Gasteiger partial charge in [-0.2, -0.15) is 0 Å². The van der Waals surface area contributed by atoms with Gasteiger partial charge in [0.2, 0.25) is 5.91 Å². The number of nitrogens with one attached hydrogen (secondary N) is 1. The van der Waals surface area contributed by atoms with Gasteiger partial charge in [0.25, 0.3) is 0 Å². The molecule has 2 aromatic carbocycles. The number of rotatable bonds is 8. The number of benzene rings is 2. The van der Waals surface area contributed by atoms with Crippen molar-refractivity contribution in [1.82, 2.24) is 10.2 Å². The third-order valence-electron chi connectivity index (χ3n) is 6.74. The summed E-state index contributed by atoms with van der Waals surface area (Å²) in [4.78, 5) is 37.9. The summed E-state index contributed by atoms with van der Waals surface area (Å²) in [5.74, 6) is -1.24. The molecule has 7 heteroatoms. The summed E-state index contributed by atoms with van der Waals surface area (Å²) in [6.45, 7) is 3.37. The van der Waals surface area contributed by atoms with E-state index in [4.69, 9.17) is 9.84 Å².